The molecule has 5 heteroatoms. The second kappa shape index (κ2) is 3.75. The van der Waals surface area contributed by atoms with Gasteiger partial charge in [0.1, 0.15) is 0 Å². The van der Waals surface area contributed by atoms with Gasteiger partial charge in [-0.1, -0.05) is 0 Å². The van der Waals surface area contributed by atoms with Crippen molar-refractivity contribution in [3.63, 3.8) is 0 Å². The van der Waals surface area contributed by atoms with E-state index in [1.54, 1.807) is 17.5 Å². The average molecular weight is 307 g/mol. The number of rotatable bonds is 2. The topological polar surface area (TPSA) is 38.9 Å². The van der Waals surface area contributed by atoms with E-state index in [0.29, 0.717) is 0 Å². The van der Waals surface area contributed by atoms with Crippen LogP contribution in [0.25, 0.3) is 0 Å². The van der Waals surface area contributed by atoms with E-state index in [2.05, 4.69) is 16.9 Å². The number of oxazole rings is 1. The van der Waals surface area contributed by atoms with Crippen LogP contribution in [0.15, 0.2) is 16.8 Å². The zero-order chi connectivity index (χ0) is 9.26. The summed E-state index contributed by atoms with van der Waals surface area (Å²) in [6, 6.07) is 0. The second-order valence-corrected chi connectivity index (χ2v) is 6.99. The molecule has 2 aromatic heterocycles. The number of halogens is 1. The minimum atomic E-state index is -0.300. The normalized spacial score (nSPS) is 10.9. The summed E-state index contributed by atoms with van der Waals surface area (Å²) in [6.45, 7) is 3.97. The van der Waals surface area contributed by atoms with E-state index < -0.39 is 0 Å². The molecule has 0 saturated heterocycles. The van der Waals surface area contributed by atoms with Crippen LogP contribution in [0.1, 0.15) is 10.6 Å². The van der Waals surface area contributed by atoms with Gasteiger partial charge in [-0.3, -0.25) is 0 Å². The molecule has 0 N–H and O–H groups in total. The molecule has 70 valence electrons. The molecule has 0 aliphatic rings. The first-order valence-electron chi connectivity index (χ1n) is 3.74. The predicted molar refractivity (Wildman–Crippen MR) is 45.5 cm³/mol. The average Bonchev–Trinajstić information content (AvgIpc) is 2.62. The van der Waals surface area contributed by atoms with Crippen LogP contribution in [0.3, 0.4) is 0 Å². The van der Waals surface area contributed by atoms with E-state index in [-0.39, 0.29) is 21.2 Å². The van der Waals surface area contributed by atoms with Crippen molar-refractivity contribution in [1.29, 1.82) is 0 Å². The molecule has 13 heavy (non-hydrogen) atoms. The van der Waals surface area contributed by atoms with Crippen LogP contribution < -0.4 is 21.2 Å². The fraction of sp³-hybridized carbons (Fsp3) is 0.250. The van der Waals surface area contributed by atoms with E-state index in [0.717, 1.165) is 12.7 Å². The Hall–Kier alpha value is -0.430. The third kappa shape index (κ3) is 2.28. The Kier molecular flexibility index (Phi) is 2.63. The van der Waals surface area contributed by atoms with Crippen molar-refractivity contribution in [3.8, 4) is 0 Å². The van der Waals surface area contributed by atoms with E-state index >= 15 is 0 Å². The van der Waals surface area contributed by atoms with Crippen molar-refractivity contribution in [2.45, 2.75) is 13.8 Å². The summed E-state index contributed by atoms with van der Waals surface area (Å²) in [5, 5.41) is 0. The Morgan fingerprint density at radius 2 is 2.15 bits per heavy atom. The monoisotopic (exact) mass is 307 g/mol. The Bertz CT molecular complexity index is 371. The summed E-state index contributed by atoms with van der Waals surface area (Å²) in [5.41, 5.74) is 0. The maximum atomic E-state index is 5.40. The number of hydrogen-bond acceptors (Lipinski definition) is 4. The summed E-state index contributed by atoms with van der Waals surface area (Å²) in [7, 11) is 0. The summed E-state index contributed by atoms with van der Waals surface area (Å²) in [5.74, 6) is 0.878. The van der Waals surface area contributed by atoms with Crippen LogP contribution >= 0.6 is 11.3 Å². The van der Waals surface area contributed by atoms with E-state index in [1.165, 1.54) is 4.88 Å². The zero-order valence-corrected chi connectivity index (χ0v) is 10.2. The molecule has 0 saturated carbocycles. The molecular weight excluding hydrogens is 299 g/mol. The molecule has 0 unspecified atom stereocenters. The quantitative estimate of drug-likeness (QED) is 0.660. The Morgan fingerprint density at radius 3 is 2.69 bits per heavy atom. The van der Waals surface area contributed by atoms with Crippen molar-refractivity contribution < 1.29 is 25.6 Å². The van der Waals surface area contributed by atoms with Crippen molar-refractivity contribution in [1.82, 2.24) is 9.97 Å². The molecule has 2 rings (SSSR count). The van der Waals surface area contributed by atoms with Gasteiger partial charge >= 0.3 is 90.7 Å². The van der Waals surface area contributed by atoms with Crippen LogP contribution in [0, 0.1) is 20.8 Å². The summed E-state index contributed by atoms with van der Waals surface area (Å²) >= 11 is 1.43. The molecular formula is C8H8IN2OS-. The fourth-order valence-corrected chi connectivity index (χ4v) is 4.55. The van der Waals surface area contributed by atoms with Crippen LogP contribution in [0.2, 0.25) is 0 Å². The minimum absolute atomic E-state index is 0.300. The standard InChI is InChI=1S/C8H8IN2OS/c1-5-3-10-7(12-5)9-8-11-4-6(2)13-8/h3-4H,1-2H3/q-1. The van der Waals surface area contributed by atoms with Crippen LogP contribution in [-0.2, 0) is 0 Å². The zero-order valence-electron chi connectivity index (χ0n) is 7.24. The van der Waals surface area contributed by atoms with Gasteiger partial charge in [0, 0.05) is 0 Å². The van der Waals surface area contributed by atoms with Crippen LogP contribution in [0.4, 0.5) is 0 Å². The molecule has 0 amide bonds. The molecule has 0 radical (unpaired) electrons. The predicted octanol–water partition coefficient (Wildman–Crippen LogP) is -1.12. The Balaban J connectivity index is 2.14. The van der Waals surface area contributed by atoms with Gasteiger partial charge in [0.15, 0.2) is 0 Å². The molecule has 0 fully saturated rings. The van der Waals surface area contributed by atoms with Gasteiger partial charge in [0.2, 0.25) is 0 Å². The molecule has 0 atom stereocenters. The number of hydrogen-bond donors (Lipinski definition) is 0. The van der Waals surface area contributed by atoms with Crippen LogP contribution in [0.5, 0.6) is 0 Å². The molecule has 2 aromatic rings. The summed E-state index contributed by atoms with van der Waals surface area (Å²) in [4.78, 5) is 9.71. The third-order valence-electron chi connectivity index (χ3n) is 1.35. The molecule has 0 aliphatic carbocycles. The molecule has 0 bridgehead atoms. The summed E-state index contributed by atoms with van der Waals surface area (Å²) < 4.78 is 7.42. The van der Waals surface area contributed by atoms with Crippen molar-refractivity contribution >= 4 is 11.3 Å². The van der Waals surface area contributed by atoms with Crippen molar-refractivity contribution in [3.05, 3.63) is 29.9 Å². The van der Waals surface area contributed by atoms with Gasteiger partial charge in [0.25, 0.3) is 0 Å². The number of nitrogens with zero attached hydrogens (tertiary/aromatic N) is 2. The number of aromatic nitrogens is 2. The first kappa shape index (κ1) is 9.14. The maximum absolute atomic E-state index is 5.40. The molecule has 3 nitrogen and oxygen atoms in total. The van der Waals surface area contributed by atoms with Gasteiger partial charge in [0.05, 0.1) is 0 Å². The second-order valence-electron chi connectivity index (χ2n) is 2.54. The first-order valence-corrected chi connectivity index (χ1v) is 6.71. The Morgan fingerprint density at radius 1 is 1.31 bits per heavy atom. The van der Waals surface area contributed by atoms with Gasteiger partial charge in [-0.2, -0.15) is 0 Å². The van der Waals surface area contributed by atoms with E-state index in [1.807, 2.05) is 13.1 Å². The summed E-state index contributed by atoms with van der Waals surface area (Å²) in [6.07, 6.45) is 3.66. The van der Waals surface area contributed by atoms with E-state index in [4.69, 9.17) is 4.42 Å². The number of thiazole rings is 1. The SMILES string of the molecule is Cc1cnc([I-]c2ncc(C)s2)o1. The molecule has 0 aromatic carbocycles. The third-order valence-corrected chi connectivity index (χ3v) is 4.93. The van der Waals surface area contributed by atoms with Crippen molar-refractivity contribution in [2.24, 2.45) is 0 Å². The first-order chi connectivity index (χ1) is 6.24. The number of aryl methyl sites for hydroxylation is 2. The van der Waals surface area contributed by atoms with Crippen LogP contribution in [-0.4, -0.2) is 9.97 Å². The van der Waals surface area contributed by atoms with Gasteiger partial charge < -0.3 is 0 Å². The molecule has 2 heterocycles. The Labute approximate surface area is 90.5 Å². The molecule has 0 spiro atoms. The van der Waals surface area contributed by atoms with Gasteiger partial charge in [-0.05, 0) is 0 Å². The fourth-order valence-electron chi connectivity index (χ4n) is 0.811. The van der Waals surface area contributed by atoms with Crippen molar-refractivity contribution in [2.75, 3.05) is 0 Å². The molecule has 0 aliphatic heterocycles. The van der Waals surface area contributed by atoms with E-state index in [9.17, 15) is 0 Å². The van der Waals surface area contributed by atoms with Gasteiger partial charge in [-0.15, -0.1) is 0 Å². The van der Waals surface area contributed by atoms with Gasteiger partial charge in [-0.25, -0.2) is 0 Å².